The lowest BCUT2D eigenvalue weighted by molar-refractivity contribution is 0.0943. The summed E-state index contributed by atoms with van der Waals surface area (Å²) in [6.45, 7) is 0. The molecule has 0 bridgehead atoms. The molecule has 0 aliphatic rings. The highest BCUT2D eigenvalue weighted by molar-refractivity contribution is 5.98. The van der Waals surface area contributed by atoms with Crippen molar-refractivity contribution in [1.82, 2.24) is 10.9 Å². The van der Waals surface area contributed by atoms with Crippen LogP contribution < -0.4 is 29.8 Å². The maximum atomic E-state index is 12.4. The fourth-order valence-electron chi connectivity index (χ4n) is 3.10. The van der Waals surface area contributed by atoms with Crippen LogP contribution in [0.4, 0.5) is 0 Å². The highest BCUT2D eigenvalue weighted by Crippen LogP contribution is 2.23. The third-order valence-corrected chi connectivity index (χ3v) is 5.02. The monoisotopic (exact) mass is 490 g/mol. The summed E-state index contributed by atoms with van der Waals surface area (Å²) in [4.78, 5) is 24.8. The van der Waals surface area contributed by atoms with Gasteiger partial charge in [0.15, 0.2) is 0 Å². The molecule has 0 radical (unpaired) electrons. The number of amides is 2. The number of hydrogen-bond donors (Lipinski definition) is 2. The van der Waals surface area contributed by atoms with Crippen molar-refractivity contribution in [3.8, 4) is 23.0 Å². The van der Waals surface area contributed by atoms with E-state index >= 15 is 0 Å². The highest BCUT2D eigenvalue weighted by atomic mass is 16.5. The Kier molecular flexibility index (Phi) is 8.99. The Labute approximate surface area is 208 Å². The third kappa shape index (κ3) is 6.60. The van der Waals surface area contributed by atoms with Gasteiger partial charge in [0, 0.05) is 22.3 Å². The van der Waals surface area contributed by atoms with Gasteiger partial charge < -0.3 is 18.9 Å². The fourth-order valence-corrected chi connectivity index (χ4v) is 3.10. The number of rotatable bonds is 10. The number of nitrogens with zero attached hydrogens (tertiary/aromatic N) is 2. The Hall–Kier alpha value is -4.86. The molecule has 186 valence electrons. The lowest BCUT2D eigenvalue weighted by atomic mass is 10.1. The highest BCUT2D eigenvalue weighted by Gasteiger charge is 2.09. The van der Waals surface area contributed by atoms with Gasteiger partial charge in [-0.1, -0.05) is 0 Å². The Morgan fingerprint density at radius 1 is 0.611 bits per heavy atom. The van der Waals surface area contributed by atoms with E-state index in [0.717, 1.165) is 0 Å². The average molecular weight is 491 g/mol. The molecular weight excluding hydrogens is 464 g/mol. The van der Waals surface area contributed by atoms with E-state index in [1.165, 1.54) is 50.9 Å². The van der Waals surface area contributed by atoms with Crippen LogP contribution in [-0.2, 0) is 0 Å². The van der Waals surface area contributed by atoms with Crippen LogP contribution in [0.2, 0.25) is 0 Å². The van der Waals surface area contributed by atoms with Crippen LogP contribution in [0.25, 0.3) is 0 Å². The molecule has 2 N–H and O–H groups in total. The molecule has 0 saturated carbocycles. The van der Waals surface area contributed by atoms with Crippen molar-refractivity contribution in [2.75, 3.05) is 28.4 Å². The van der Waals surface area contributed by atoms with Gasteiger partial charge in [-0.15, -0.1) is 0 Å². The predicted molar refractivity (Wildman–Crippen MR) is 136 cm³/mol. The van der Waals surface area contributed by atoms with Crippen LogP contribution in [0.15, 0.2) is 70.9 Å². The van der Waals surface area contributed by atoms with E-state index < -0.39 is 11.8 Å². The summed E-state index contributed by atoms with van der Waals surface area (Å²) >= 11 is 0. The summed E-state index contributed by atoms with van der Waals surface area (Å²) in [5.41, 5.74) is 6.81. The zero-order chi connectivity index (χ0) is 25.9. The van der Waals surface area contributed by atoms with E-state index in [1.807, 2.05) is 0 Å². The van der Waals surface area contributed by atoms with Gasteiger partial charge in [-0.25, -0.2) is 10.9 Å². The van der Waals surface area contributed by atoms with Gasteiger partial charge >= 0.3 is 0 Å². The summed E-state index contributed by atoms with van der Waals surface area (Å²) in [6, 6.07) is 16.5. The number of ether oxygens (including phenoxy) is 4. The van der Waals surface area contributed by atoms with Crippen LogP contribution in [0.1, 0.15) is 31.8 Å². The first-order chi connectivity index (χ1) is 17.5. The molecule has 0 unspecified atom stereocenters. The summed E-state index contributed by atoms with van der Waals surface area (Å²) in [5.74, 6) is 1.54. The number of methoxy groups -OCH3 is 4. The van der Waals surface area contributed by atoms with Crippen molar-refractivity contribution in [2.45, 2.75) is 0 Å². The molecule has 0 saturated heterocycles. The molecule has 3 rings (SSSR count). The first kappa shape index (κ1) is 25.8. The number of benzene rings is 3. The number of carbonyl (C=O) groups excluding carboxylic acids is 2. The molecule has 0 spiro atoms. The maximum Gasteiger partial charge on any atom is 0.271 e. The number of nitrogens with one attached hydrogen (secondary N) is 2. The van der Waals surface area contributed by atoms with E-state index in [4.69, 9.17) is 18.9 Å². The first-order valence-electron chi connectivity index (χ1n) is 10.7. The van der Waals surface area contributed by atoms with E-state index in [9.17, 15) is 9.59 Å². The topological polar surface area (TPSA) is 120 Å². The molecule has 3 aromatic rings. The van der Waals surface area contributed by atoms with Crippen molar-refractivity contribution in [2.24, 2.45) is 10.2 Å². The van der Waals surface area contributed by atoms with E-state index in [1.54, 1.807) is 50.6 Å². The fraction of sp³-hybridized carbons (Fsp3) is 0.154. The minimum atomic E-state index is -0.441. The molecule has 0 aromatic heterocycles. The molecule has 36 heavy (non-hydrogen) atoms. The molecule has 0 aliphatic heterocycles. The lowest BCUT2D eigenvalue weighted by Crippen LogP contribution is -2.19. The van der Waals surface area contributed by atoms with E-state index in [0.29, 0.717) is 45.3 Å². The van der Waals surface area contributed by atoms with Gasteiger partial charge in [0.1, 0.15) is 23.0 Å². The van der Waals surface area contributed by atoms with Crippen LogP contribution in [0.5, 0.6) is 23.0 Å². The number of hydrazone groups is 2. The standard InChI is InChI=1S/C26H26N4O6/c1-33-21-9-11-23(35-3)19(13-21)15-27-29-25(31)17-5-7-18(8-6-17)26(32)30-28-16-20-14-22(34-2)10-12-24(20)36-4/h5-16H,1-4H3,(H,29,31)(H,30,32). The van der Waals surface area contributed by atoms with Gasteiger partial charge in [0.2, 0.25) is 0 Å². The lowest BCUT2D eigenvalue weighted by Gasteiger charge is -2.07. The summed E-state index contributed by atoms with van der Waals surface area (Å²) < 4.78 is 20.9. The second-order valence-corrected chi connectivity index (χ2v) is 7.19. The van der Waals surface area contributed by atoms with Crippen molar-refractivity contribution in [1.29, 1.82) is 0 Å². The molecule has 10 nitrogen and oxygen atoms in total. The molecule has 0 fully saturated rings. The van der Waals surface area contributed by atoms with E-state index in [-0.39, 0.29) is 0 Å². The van der Waals surface area contributed by atoms with Crippen LogP contribution in [0.3, 0.4) is 0 Å². The molecule has 10 heteroatoms. The van der Waals surface area contributed by atoms with E-state index in [2.05, 4.69) is 21.1 Å². The smallest absolute Gasteiger partial charge is 0.271 e. The van der Waals surface area contributed by atoms with Crippen molar-refractivity contribution >= 4 is 24.2 Å². The average Bonchev–Trinajstić information content (AvgIpc) is 2.92. The van der Waals surface area contributed by atoms with Crippen molar-refractivity contribution in [3.63, 3.8) is 0 Å². The molecule has 0 atom stereocenters. The summed E-state index contributed by atoms with van der Waals surface area (Å²) in [6.07, 6.45) is 2.91. The van der Waals surface area contributed by atoms with Crippen LogP contribution >= 0.6 is 0 Å². The Morgan fingerprint density at radius 3 is 1.33 bits per heavy atom. The zero-order valence-electron chi connectivity index (χ0n) is 20.3. The van der Waals surface area contributed by atoms with Crippen molar-refractivity contribution < 1.29 is 28.5 Å². The van der Waals surface area contributed by atoms with Crippen LogP contribution in [-0.4, -0.2) is 52.7 Å². The Balaban J connectivity index is 1.60. The normalized spacial score (nSPS) is 10.8. The van der Waals surface area contributed by atoms with Gasteiger partial charge in [-0.3, -0.25) is 9.59 Å². The first-order valence-corrected chi connectivity index (χ1v) is 10.7. The molecule has 3 aromatic carbocycles. The second kappa shape index (κ2) is 12.6. The summed E-state index contributed by atoms with van der Waals surface area (Å²) in [7, 11) is 6.18. The summed E-state index contributed by atoms with van der Waals surface area (Å²) in [5, 5.41) is 7.96. The van der Waals surface area contributed by atoms with Gasteiger partial charge in [0.05, 0.1) is 40.9 Å². The molecule has 0 aliphatic carbocycles. The molecule has 0 heterocycles. The Morgan fingerprint density at radius 2 is 1.00 bits per heavy atom. The van der Waals surface area contributed by atoms with Crippen LogP contribution in [0, 0.1) is 0 Å². The van der Waals surface area contributed by atoms with Gasteiger partial charge in [0.25, 0.3) is 11.8 Å². The quantitative estimate of drug-likeness (QED) is 0.333. The van der Waals surface area contributed by atoms with Gasteiger partial charge in [-0.05, 0) is 60.7 Å². The largest absolute Gasteiger partial charge is 0.497 e. The Bertz CT molecular complexity index is 1170. The molecule has 2 amide bonds. The maximum absolute atomic E-state index is 12.4. The van der Waals surface area contributed by atoms with Crippen molar-refractivity contribution in [3.05, 3.63) is 82.9 Å². The number of carbonyl (C=O) groups is 2. The second-order valence-electron chi connectivity index (χ2n) is 7.19. The minimum Gasteiger partial charge on any atom is -0.497 e. The zero-order valence-corrected chi connectivity index (χ0v) is 20.3. The van der Waals surface area contributed by atoms with Gasteiger partial charge in [-0.2, -0.15) is 10.2 Å². The SMILES string of the molecule is COc1ccc(OC)c(C=NNC(=O)c2ccc(C(=O)NN=Cc3cc(OC)ccc3OC)cc2)c1. The number of hydrogen-bond acceptors (Lipinski definition) is 8. The predicted octanol–water partition coefficient (Wildman–Crippen LogP) is 3.25. The third-order valence-electron chi connectivity index (χ3n) is 5.02. The molecular formula is C26H26N4O6. The minimum absolute atomic E-state index is 0.325.